The molecule has 8 heteroatoms. The topological polar surface area (TPSA) is 108 Å². The highest BCUT2D eigenvalue weighted by Gasteiger charge is 2.17. The first-order chi connectivity index (χ1) is 6.41. The quantitative estimate of drug-likeness (QED) is 0.664. The summed E-state index contributed by atoms with van der Waals surface area (Å²) in [6.07, 6.45) is -1.08. The maximum absolute atomic E-state index is 11.0. The second kappa shape index (κ2) is 5.41. The summed E-state index contributed by atoms with van der Waals surface area (Å²) in [6, 6.07) is 0.729. The highest BCUT2D eigenvalue weighted by Crippen LogP contribution is 1.85. The fourth-order valence-corrected chi connectivity index (χ4v) is 1.41. The molecule has 7 nitrogen and oxygen atoms in total. The Hall–Kier alpha value is -1.33. The van der Waals surface area contributed by atoms with Crippen molar-refractivity contribution in [3.05, 3.63) is 0 Å². The maximum atomic E-state index is 11.0. The minimum atomic E-state index is -4.01. The van der Waals surface area contributed by atoms with E-state index in [-0.39, 0.29) is 6.61 Å². The van der Waals surface area contributed by atoms with Gasteiger partial charge in [-0.15, -0.1) is 0 Å². The standard InChI is InChI=1S/C6H11N3O4S/c1-3-13-6(10)9-14(11,12)8-5(2)4-7/h5,8H,3H2,1-2H3,(H,9,10). The van der Waals surface area contributed by atoms with Gasteiger partial charge < -0.3 is 4.74 Å². The third-order valence-corrected chi connectivity index (χ3v) is 2.12. The Balaban J connectivity index is 4.23. The molecule has 1 amide bonds. The molecule has 80 valence electrons. The van der Waals surface area contributed by atoms with Crippen molar-refractivity contribution < 1.29 is 17.9 Å². The van der Waals surface area contributed by atoms with Crippen LogP contribution in [-0.4, -0.2) is 27.2 Å². The molecule has 0 aliphatic carbocycles. The Morgan fingerprint density at radius 2 is 2.21 bits per heavy atom. The lowest BCUT2D eigenvalue weighted by Crippen LogP contribution is -2.43. The monoisotopic (exact) mass is 221 g/mol. The number of carbonyl (C=O) groups excluding carboxylic acids is 1. The van der Waals surface area contributed by atoms with Crippen LogP contribution in [0.25, 0.3) is 0 Å². The van der Waals surface area contributed by atoms with Crippen LogP contribution < -0.4 is 9.44 Å². The van der Waals surface area contributed by atoms with Crippen LogP contribution in [0.15, 0.2) is 0 Å². The minimum Gasteiger partial charge on any atom is -0.449 e. The molecule has 0 aromatic carbocycles. The largest absolute Gasteiger partial charge is 0.449 e. The first kappa shape index (κ1) is 12.7. The van der Waals surface area contributed by atoms with Gasteiger partial charge in [0.25, 0.3) is 0 Å². The van der Waals surface area contributed by atoms with Crippen LogP contribution in [-0.2, 0) is 14.9 Å². The molecule has 0 rings (SSSR count). The Kier molecular flexibility index (Phi) is 4.90. The average molecular weight is 221 g/mol. The van der Waals surface area contributed by atoms with E-state index in [4.69, 9.17) is 5.26 Å². The Morgan fingerprint density at radius 1 is 1.64 bits per heavy atom. The van der Waals surface area contributed by atoms with E-state index in [0.717, 1.165) is 0 Å². The van der Waals surface area contributed by atoms with Crippen LogP contribution in [0.5, 0.6) is 0 Å². The molecule has 1 unspecified atom stereocenters. The van der Waals surface area contributed by atoms with Crippen LogP contribution in [0.4, 0.5) is 4.79 Å². The van der Waals surface area contributed by atoms with E-state index in [0.29, 0.717) is 0 Å². The molecule has 0 aromatic rings. The van der Waals surface area contributed by atoms with E-state index >= 15 is 0 Å². The summed E-state index contributed by atoms with van der Waals surface area (Å²) >= 11 is 0. The average Bonchev–Trinajstić information content (AvgIpc) is 2.02. The van der Waals surface area contributed by atoms with Gasteiger partial charge in [0.15, 0.2) is 0 Å². The summed E-state index contributed by atoms with van der Waals surface area (Å²) in [4.78, 5) is 10.7. The highest BCUT2D eigenvalue weighted by molar-refractivity contribution is 7.88. The number of amides is 1. The summed E-state index contributed by atoms with van der Waals surface area (Å²) in [6.45, 7) is 2.94. The summed E-state index contributed by atoms with van der Waals surface area (Å²) < 4.78 is 29.8. The molecule has 2 N–H and O–H groups in total. The van der Waals surface area contributed by atoms with Gasteiger partial charge in [-0.25, -0.2) is 9.52 Å². The van der Waals surface area contributed by atoms with E-state index < -0.39 is 22.3 Å². The van der Waals surface area contributed by atoms with Crippen molar-refractivity contribution in [3.8, 4) is 6.07 Å². The number of carbonyl (C=O) groups is 1. The molecule has 0 saturated carbocycles. The Labute approximate surface area is 82.2 Å². The molecule has 0 bridgehead atoms. The molecule has 0 fully saturated rings. The van der Waals surface area contributed by atoms with E-state index in [1.807, 2.05) is 4.72 Å². The van der Waals surface area contributed by atoms with Gasteiger partial charge in [-0.1, -0.05) is 0 Å². The minimum absolute atomic E-state index is 0.0646. The molecule has 1 atom stereocenters. The third-order valence-electron chi connectivity index (χ3n) is 1.02. The van der Waals surface area contributed by atoms with Crippen molar-refractivity contribution in [2.24, 2.45) is 0 Å². The predicted octanol–water partition coefficient (Wildman–Crippen LogP) is -0.521. The lowest BCUT2D eigenvalue weighted by atomic mass is 10.4. The number of rotatable bonds is 4. The molecule has 0 radical (unpaired) electrons. The number of nitrogens with one attached hydrogen (secondary N) is 2. The van der Waals surface area contributed by atoms with Crippen LogP contribution in [0.1, 0.15) is 13.8 Å². The summed E-state index contributed by atoms with van der Waals surface area (Å²) in [5.74, 6) is 0. The second-order valence-corrected chi connectivity index (χ2v) is 3.74. The lowest BCUT2D eigenvalue weighted by Gasteiger charge is -2.08. The zero-order valence-corrected chi connectivity index (χ0v) is 8.59. The molecular formula is C6H11N3O4S. The zero-order chi connectivity index (χ0) is 11.2. The number of hydrogen-bond acceptors (Lipinski definition) is 5. The number of nitriles is 1. The summed E-state index contributed by atoms with van der Waals surface area (Å²) in [7, 11) is -4.01. The van der Waals surface area contributed by atoms with Crippen molar-refractivity contribution in [2.45, 2.75) is 19.9 Å². The van der Waals surface area contributed by atoms with Gasteiger partial charge in [0.05, 0.1) is 12.7 Å². The SMILES string of the molecule is CCOC(=O)NS(=O)(=O)NC(C)C#N. The third kappa shape index (κ3) is 5.34. The number of nitrogens with zero attached hydrogens (tertiary/aromatic N) is 1. The Bertz CT molecular complexity index is 331. The molecule has 0 aliphatic heterocycles. The van der Waals surface area contributed by atoms with Crippen LogP contribution in [0.3, 0.4) is 0 Å². The number of hydrogen-bond donors (Lipinski definition) is 2. The van der Waals surface area contributed by atoms with Gasteiger partial charge in [0, 0.05) is 0 Å². The van der Waals surface area contributed by atoms with Crippen LogP contribution >= 0.6 is 0 Å². The van der Waals surface area contributed by atoms with Gasteiger partial charge in [-0.2, -0.15) is 18.4 Å². The molecule has 0 saturated heterocycles. The smallest absolute Gasteiger partial charge is 0.421 e. The van der Waals surface area contributed by atoms with Crippen molar-refractivity contribution in [2.75, 3.05) is 6.61 Å². The molecule has 0 aromatic heterocycles. The van der Waals surface area contributed by atoms with Crippen molar-refractivity contribution in [3.63, 3.8) is 0 Å². The van der Waals surface area contributed by atoms with Gasteiger partial charge >= 0.3 is 16.3 Å². The lowest BCUT2D eigenvalue weighted by molar-refractivity contribution is 0.158. The first-order valence-electron chi connectivity index (χ1n) is 3.77. The van der Waals surface area contributed by atoms with Gasteiger partial charge in [-0.3, -0.25) is 0 Å². The predicted molar refractivity (Wildman–Crippen MR) is 47.3 cm³/mol. The molecule has 0 aliphatic rings. The fraction of sp³-hybridized carbons (Fsp3) is 0.667. The van der Waals surface area contributed by atoms with Gasteiger partial charge in [0.1, 0.15) is 6.04 Å². The molecule has 14 heavy (non-hydrogen) atoms. The van der Waals surface area contributed by atoms with Crippen molar-refractivity contribution in [1.29, 1.82) is 5.26 Å². The first-order valence-corrected chi connectivity index (χ1v) is 5.26. The van der Waals surface area contributed by atoms with E-state index in [9.17, 15) is 13.2 Å². The highest BCUT2D eigenvalue weighted by atomic mass is 32.2. The number of ether oxygens (including phenoxy) is 1. The molecule has 0 spiro atoms. The fourth-order valence-electron chi connectivity index (χ4n) is 0.559. The van der Waals surface area contributed by atoms with Crippen LogP contribution in [0.2, 0.25) is 0 Å². The zero-order valence-electron chi connectivity index (χ0n) is 7.77. The molecule has 0 heterocycles. The van der Waals surface area contributed by atoms with Crippen molar-refractivity contribution >= 4 is 16.3 Å². The summed E-state index contributed by atoms with van der Waals surface area (Å²) in [5.41, 5.74) is 0. The van der Waals surface area contributed by atoms with E-state index in [1.54, 1.807) is 10.8 Å². The van der Waals surface area contributed by atoms with Crippen molar-refractivity contribution in [1.82, 2.24) is 9.44 Å². The van der Waals surface area contributed by atoms with Gasteiger partial charge in [-0.05, 0) is 13.8 Å². The normalized spacial score (nSPS) is 12.6. The summed E-state index contributed by atoms with van der Waals surface area (Å²) in [5, 5.41) is 8.31. The van der Waals surface area contributed by atoms with E-state index in [1.165, 1.54) is 13.8 Å². The second-order valence-electron chi connectivity index (χ2n) is 2.29. The van der Waals surface area contributed by atoms with E-state index in [2.05, 4.69) is 4.74 Å². The van der Waals surface area contributed by atoms with Gasteiger partial charge in [0.2, 0.25) is 0 Å². The molecular weight excluding hydrogens is 210 g/mol. The van der Waals surface area contributed by atoms with Crippen LogP contribution in [0, 0.1) is 11.3 Å². The maximum Gasteiger partial charge on any atom is 0.421 e. The Morgan fingerprint density at radius 3 is 2.64 bits per heavy atom.